The lowest BCUT2D eigenvalue weighted by atomic mass is 10.2. The molecule has 1 amide bonds. The van der Waals surface area contributed by atoms with Gasteiger partial charge in [0.2, 0.25) is 0 Å². The van der Waals surface area contributed by atoms with Crippen LogP contribution in [0.1, 0.15) is 17.5 Å². The van der Waals surface area contributed by atoms with Gasteiger partial charge in [-0.25, -0.2) is 0 Å². The second-order valence-electron chi connectivity index (χ2n) is 4.70. The average molecular weight is 342 g/mol. The van der Waals surface area contributed by atoms with Gasteiger partial charge in [-0.1, -0.05) is 11.6 Å². The maximum Gasteiger partial charge on any atom is 0.305 e. The van der Waals surface area contributed by atoms with E-state index in [4.69, 9.17) is 33.0 Å². The van der Waals surface area contributed by atoms with Crippen molar-refractivity contribution in [2.24, 2.45) is 0 Å². The van der Waals surface area contributed by atoms with Gasteiger partial charge in [0.05, 0.1) is 6.61 Å². The number of hydrogen-bond acceptors (Lipinski definition) is 4. The number of thiocarbonyl (C=S) groups is 1. The summed E-state index contributed by atoms with van der Waals surface area (Å²) in [6.07, 6.45) is 0. The highest BCUT2D eigenvalue weighted by molar-refractivity contribution is 7.80. The van der Waals surface area contributed by atoms with E-state index >= 15 is 0 Å². The van der Waals surface area contributed by atoms with Gasteiger partial charge in [-0.15, -0.1) is 0 Å². The molecule has 1 aromatic carbocycles. The van der Waals surface area contributed by atoms with E-state index in [1.54, 1.807) is 31.4 Å². The SMILES string of the molecule is COC[C@@H](C)NC(=S)NNC(=O)c1cc2cc(Cl)ccc2o1. The number of fused-ring (bicyclic) bond motifs is 1. The fraction of sp³-hybridized carbons (Fsp3) is 0.286. The molecular formula is C14H16ClN3O3S. The van der Waals surface area contributed by atoms with E-state index < -0.39 is 5.91 Å². The second kappa shape index (κ2) is 7.44. The third-order valence-corrected chi connectivity index (χ3v) is 3.24. The first-order valence-electron chi connectivity index (χ1n) is 6.54. The van der Waals surface area contributed by atoms with Crippen molar-refractivity contribution in [2.75, 3.05) is 13.7 Å². The van der Waals surface area contributed by atoms with Crippen molar-refractivity contribution >= 4 is 45.8 Å². The summed E-state index contributed by atoms with van der Waals surface area (Å²) in [5.74, 6) is -0.270. The van der Waals surface area contributed by atoms with Crippen LogP contribution >= 0.6 is 23.8 Å². The topological polar surface area (TPSA) is 75.5 Å². The molecule has 1 heterocycles. The predicted molar refractivity (Wildman–Crippen MR) is 88.9 cm³/mol. The quantitative estimate of drug-likeness (QED) is 0.585. The third kappa shape index (κ3) is 4.33. The lowest BCUT2D eigenvalue weighted by molar-refractivity contribution is 0.0917. The zero-order valence-corrected chi connectivity index (χ0v) is 13.7. The van der Waals surface area contributed by atoms with Gasteiger partial charge < -0.3 is 14.5 Å². The summed E-state index contributed by atoms with van der Waals surface area (Å²) in [5, 5.41) is 4.58. The van der Waals surface area contributed by atoms with E-state index in [9.17, 15) is 4.79 Å². The van der Waals surface area contributed by atoms with E-state index in [-0.39, 0.29) is 16.9 Å². The summed E-state index contributed by atoms with van der Waals surface area (Å²) in [7, 11) is 1.60. The minimum absolute atomic E-state index is 0.0234. The van der Waals surface area contributed by atoms with E-state index in [2.05, 4.69) is 16.2 Å². The molecule has 0 saturated carbocycles. The van der Waals surface area contributed by atoms with Crippen LogP contribution in [-0.4, -0.2) is 30.8 Å². The Morgan fingerprint density at radius 2 is 2.18 bits per heavy atom. The second-order valence-corrected chi connectivity index (χ2v) is 5.55. The summed E-state index contributed by atoms with van der Waals surface area (Å²) in [5.41, 5.74) is 5.65. The van der Waals surface area contributed by atoms with Gasteiger partial charge in [0.25, 0.3) is 0 Å². The Morgan fingerprint density at radius 3 is 2.91 bits per heavy atom. The number of hydrazine groups is 1. The Balaban J connectivity index is 1.92. The first-order valence-corrected chi connectivity index (χ1v) is 7.33. The highest BCUT2D eigenvalue weighted by Gasteiger charge is 2.13. The van der Waals surface area contributed by atoms with Crippen LogP contribution in [0.25, 0.3) is 11.0 Å². The van der Waals surface area contributed by atoms with Gasteiger partial charge in [-0.2, -0.15) is 0 Å². The maximum atomic E-state index is 12.0. The minimum atomic E-state index is -0.434. The molecule has 2 rings (SSSR count). The average Bonchev–Trinajstić information content (AvgIpc) is 2.88. The maximum absolute atomic E-state index is 12.0. The van der Waals surface area contributed by atoms with E-state index in [0.717, 1.165) is 5.39 Å². The lowest BCUT2D eigenvalue weighted by Crippen LogP contribution is -2.49. The smallest absolute Gasteiger partial charge is 0.305 e. The van der Waals surface area contributed by atoms with Crippen molar-refractivity contribution < 1.29 is 13.9 Å². The van der Waals surface area contributed by atoms with Crippen LogP contribution in [0.3, 0.4) is 0 Å². The molecule has 1 atom stereocenters. The van der Waals surface area contributed by atoms with E-state index in [0.29, 0.717) is 17.2 Å². The number of ether oxygens (including phenoxy) is 1. The lowest BCUT2D eigenvalue weighted by Gasteiger charge is -2.16. The molecule has 0 fully saturated rings. The van der Waals surface area contributed by atoms with Gasteiger partial charge in [0, 0.05) is 23.6 Å². The molecule has 8 heteroatoms. The Hall–Kier alpha value is -1.83. The number of nitrogens with one attached hydrogen (secondary N) is 3. The van der Waals surface area contributed by atoms with Gasteiger partial charge in [-0.05, 0) is 43.4 Å². The van der Waals surface area contributed by atoms with Crippen molar-refractivity contribution in [3.63, 3.8) is 0 Å². The van der Waals surface area contributed by atoms with Crippen molar-refractivity contribution in [1.29, 1.82) is 0 Å². The fourth-order valence-corrected chi connectivity index (χ4v) is 2.29. The molecule has 2 aromatic rings. The fourth-order valence-electron chi connectivity index (χ4n) is 1.85. The molecular weight excluding hydrogens is 326 g/mol. The molecule has 0 bridgehead atoms. The van der Waals surface area contributed by atoms with E-state index in [1.807, 2.05) is 6.92 Å². The van der Waals surface area contributed by atoms with Gasteiger partial charge in [0.1, 0.15) is 5.58 Å². The molecule has 1 aromatic heterocycles. The standard InChI is InChI=1S/C14H16ClN3O3S/c1-8(7-20-2)16-14(22)18-17-13(19)12-6-9-5-10(15)3-4-11(9)21-12/h3-6,8H,7H2,1-2H3,(H,17,19)(H2,16,18,22)/t8-/m1/s1. The third-order valence-electron chi connectivity index (χ3n) is 2.79. The molecule has 0 unspecified atom stereocenters. The van der Waals surface area contributed by atoms with Gasteiger partial charge >= 0.3 is 5.91 Å². The number of furan rings is 1. The van der Waals surface area contributed by atoms with Crippen LogP contribution in [0.15, 0.2) is 28.7 Å². The van der Waals surface area contributed by atoms with Crippen LogP contribution in [0, 0.1) is 0 Å². The van der Waals surface area contributed by atoms with E-state index in [1.165, 1.54) is 0 Å². The highest BCUT2D eigenvalue weighted by atomic mass is 35.5. The zero-order valence-electron chi connectivity index (χ0n) is 12.1. The molecule has 0 aliphatic heterocycles. The number of benzene rings is 1. The molecule has 0 saturated heterocycles. The summed E-state index contributed by atoms with van der Waals surface area (Å²) >= 11 is 10.9. The number of hydrogen-bond donors (Lipinski definition) is 3. The van der Waals surface area contributed by atoms with Crippen LogP contribution in [-0.2, 0) is 4.74 Å². The van der Waals surface area contributed by atoms with Crippen LogP contribution in [0.5, 0.6) is 0 Å². The van der Waals surface area contributed by atoms with Crippen LogP contribution in [0.4, 0.5) is 0 Å². The Labute approximate surface area is 138 Å². The Kier molecular flexibility index (Phi) is 5.59. The first kappa shape index (κ1) is 16.5. The molecule has 0 radical (unpaired) electrons. The highest BCUT2D eigenvalue weighted by Crippen LogP contribution is 2.22. The molecule has 22 heavy (non-hydrogen) atoms. The number of rotatable bonds is 4. The Morgan fingerprint density at radius 1 is 1.41 bits per heavy atom. The molecule has 0 aliphatic carbocycles. The normalized spacial score (nSPS) is 12.0. The van der Waals surface area contributed by atoms with Gasteiger partial charge in [0.15, 0.2) is 10.9 Å². The summed E-state index contributed by atoms with van der Waals surface area (Å²) in [6.45, 7) is 2.41. The predicted octanol–water partition coefficient (Wildman–Crippen LogP) is 2.23. The summed E-state index contributed by atoms with van der Waals surface area (Å²) < 4.78 is 10.4. The van der Waals surface area contributed by atoms with Crippen molar-refractivity contribution in [3.05, 3.63) is 35.0 Å². The molecule has 3 N–H and O–H groups in total. The van der Waals surface area contributed by atoms with Gasteiger partial charge in [-0.3, -0.25) is 15.6 Å². The summed E-state index contributed by atoms with van der Waals surface area (Å²) in [4.78, 5) is 12.0. The molecule has 0 aliphatic rings. The van der Waals surface area contributed by atoms with Crippen molar-refractivity contribution in [2.45, 2.75) is 13.0 Å². The van der Waals surface area contributed by atoms with Crippen LogP contribution < -0.4 is 16.2 Å². The molecule has 118 valence electrons. The monoisotopic (exact) mass is 341 g/mol. The number of carbonyl (C=O) groups is 1. The largest absolute Gasteiger partial charge is 0.451 e. The molecule has 6 nitrogen and oxygen atoms in total. The van der Waals surface area contributed by atoms with Crippen molar-refractivity contribution in [1.82, 2.24) is 16.2 Å². The Bertz CT molecular complexity index is 689. The number of carbonyl (C=O) groups excluding carboxylic acids is 1. The number of halogens is 1. The summed E-state index contributed by atoms with van der Waals surface area (Å²) in [6, 6.07) is 6.77. The first-order chi connectivity index (χ1) is 10.5. The number of amides is 1. The minimum Gasteiger partial charge on any atom is -0.451 e. The van der Waals surface area contributed by atoms with Crippen LogP contribution in [0.2, 0.25) is 5.02 Å². The number of methoxy groups -OCH3 is 1. The van der Waals surface area contributed by atoms with Crippen molar-refractivity contribution in [3.8, 4) is 0 Å². The zero-order chi connectivity index (χ0) is 16.1. The molecule has 0 spiro atoms.